The molecule has 3 aromatic rings. The number of nitrogens with zero attached hydrogens (tertiary/aromatic N) is 2. The Kier molecular flexibility index (Phi) is 6.61. The molecule has 0 aliphatic heterocycles. The van der Waals surface area contributed by atoms with E-state index in [1.807, 2.05) is 49.4 Å². The van der Waals surface area contributed by atoms with Crippen LogP contribution in [0.2, 0.25) is 0 Å². The quantitative estimate of drug-likeness (QED) is 0.403. The molecule has 2 aromatic carbocycles. The first-order chi connectivity index (χ1) is 13.5. The Hall–Kier alpha value is -2.92. The van der Waals surface area contributed by atoms with Gasteiger partial charge in [-0.05, 0) is 43.5 Å². The monoisotopic (exact) mass is 377 g/mol. The van der Waals surface area contributed by atoms with Gasteiger partial charge in [0.25, 0.3) is 0 Å². The second-order valence-corrected chi connectivity index (χ2v) is 7.23. The molecule has 0 saturated carbocycles. The van der Waals surface area contributed by atoms with Gasteiger partial charge in [0.05, 0.1) is 6.61 Å². The van der Waals surface area contributed by atoms with Gasteiger partial charge >= 0.3 is 0 Å². The van der Waals surface area contributed by atoms with Gasteiger partial charge in [0, 0.05) is 29.1 Å². The predicted molar refractivity (Wildman–Crippen MR) is 113 cm³/mol. The van der Waals surface area contributed by atoms with Crippen molar-refractivity contribution < 1.29 is 9.84 Å². The van der Waals surface area contributed by atoms with Crippen molar-refractivity contribution in [3.63, 3.8) is 0 Å². The molecule has 0 atom stereocenters. The van der Waals surface area contributed by atoms with Crippen LogP contribution in [0.1, 0.15) is 31.5 Å². The number of aryl methyl sites for hydroxylation is 1. The first kappa shape index (κ1) is 19.8. The second-order valence-electron chi connectivity index (χ2n) is 7.23. The molecule has 0 unspecified atom stereocenters. The highest BCUT2D eigenvalue weighted by atomic mass is 16.5. The minimum atomic E-state index is 0.228. The molecule has 0 saturated heterocycles. The van der Waals surface area contributed by atoms with Gasteiger partial charge in [0.1, 0.15) is 11.6 Å². The summed E-state index contributed by atoms with van der Waals surface area (Å²) >= 11 is 0. The lowest BCUT2D eigenvalue weighted by atomic mass is 10.1. The number of hydrogen-bond donors (Lipinski definition) is 2. The Labute approximate surface area is 166 Å². The number of rotatable bonds is 8. The number of aromatic hydroxyl groups is 1. The number of hydrogen-bond acceptors (Lipinski definition) is 5. The largest absolute Gasteiger partial charge is 0.508 e. The van der Waals surface area contributed by atoms with Crippen LogP contribution in [0.25, 0.3) is 11.4 Å². The summed E-state index contributed by atoms with van der Waals surface area (Å²) in [6.07, 6.45) is 1.02. The predicted octanol–water partition coefficient (Wildman–Crippen LogP) is 5.46. The van der Waals surface area contributed by atoms with Gasteiger partial charge < -0.3 is 15.2 Å². The smallest absolute Gasteiger partial charge is 0.161 e. The van der Waals surface area contributed by atoms with E-state index in [2.05, 4.69) is 19.2 Å². The average Bonchev–Trinajstić information content (AvgIpc) is 2.69. The third-order valence-corrected chi connectivity index (χ3v) is 4.46. The third kappa shape index (κ3) is 5.30. The van der Waals surface area contributed by atoms with E-state index in [9.17, 15) is 5.11 Å². The minimum Gasteiger partial charge on any atom is -0.508 e. The van der Waals surface area contributed by atoms with Crippen molar-refractivity contribution in [3.05, 3.63) is 65.9 Å². The number of ether oxygens (including phenoxy) is 1. The molecule has 1 aromatic heterocycles. The first-order valence-electron chi connectivity index (χ1n) is 9.59. The Morgan fingerprint density at radius 3 is 2.39 bits per heavy atom. The molecule has 2 N–H and O–H groups in total. The molecule has 0 aliphatic rings. The standard InChI is InChI=1S/C23H27N3O2/c1-16(2)13-14-28-15-21-17(3)24-22(18-7-5-4-6-8-18)26-23(21)25-19-9-11-20(27)12-10-19/h4-12,16,27H,13-15H2,1-3H3,(H,24,25,26). The maximum Gasteiger partial charge on any atom is 0.161 e. The van der Waals surface area contributed by atoms with Crippen molar-refractivity contribution in [2.24, 2.45) is 5.92 Å². The zero-order valence-corrected chi connectivity index (χ0v) is 16.6. The Morgan fingerprint density at radius 2 is 1.71 bits per heavy atom. The molecular formula is C23H27N3O2. The lowest BCUT2D eigenvalue weighted by molar-refractivity contribution is 0.110. The fraction of sp³-hybridized carbons (Fsp3) is 0.304. The first-order valence-corrected chi connectivity index (χ1v) is 9.59. The van der Waals surface area contributed by atoms with E-state index in [1.54, 1.807) is 12.1 Å². The second kappa shape index (κ2) is 9.33. The van der Waals surface area contributed by atoms with Gasteiger partial charge in [0.15, 0.2) is 5.82 Å². The lowest BCUT2D eigenvalue weighted by Crippen LogP contribution is -2.08. The highest BCUT2D eigenvalue weighted by molar-refractivity contribution is 5.65. The van der Waals surface area contributed by atoms with Crippen molar-refractivity contribution >= 4 is 11.5 Å². The summed E-state index contributed by atoms with van der Waals surface area (Å²) in [5.41, 5.74) is 3.64. The fourth-order valence-electron chi connectivity index (χ4n) is 2.76. The average molecular weight is 377 g/mol. The SMILES string of the molecule is Cc1nc(-c2ccccc2)nc(Nc2ccc(O)cc2)c1COCCC(C)C. The molecule has 0 radical (unpaired) electrons. The number of anilines is 2. The Balaban J connectivity index is 1.91. The summed E-state index contributed by atoms with van der Waals surface area (Å²) in [6.45, 7) is 7.51. The van der Waals surface area contributed by atoms with Gasteiger partial charge in [-0.2, -0.15) is 0 Å². The minimum absolute atomic E-state index is 0.228. The van der Waals surface area contributed by atoms with Gasteiger partial charge in [-0.3, -0.25) is 0 Å². The van der Waals surface area contributed by atoms with E-state index in [4.69, 9.17) is 14.7 Å². The van der Waals surface area contributed by atoms with E-state index in [1.165, 1.54) is 0 Å². The molecule has 146 valence electrons. The fourth-order valence-corrected chi connectivity index (χ4v) is 2.76. The van der Waals surface area contributed by atoms with Crippen LogP contribution >= 0.6 is 0 Å². The lowest BCUT2D eigenvalue weighted by Gasteiger charge is -2.16. The van der Waals surface area contributed by atoms with Crippen molar-refractivity contribution in [2.75, 3.05) is 11.9 Å². The van der Waals surface area contributed by atoms with Gasteiger partial charge in [-0.1, -0.05) is 44.2 Å². The summed E-state index contributed by atoms with van der Waals surface area (Å²) in [5.74, 6) is 2.23. The maximum absolute atomic E-state index is 9.53. The molecule has 1 heterocycles. The van der Waals surface area contributed by atoms with Crippen molar-refractivity contribution in [1.82, 2.24) is 9.97 Å². The molecular weight excluding hydrogens is 350 g/mol. The summed E-state index contributed by atoms with van der Waals surface area (Å²) < 4.78 is 5.89. The van der Waals surface area contributed by atoms with Crippen LogP contribution < -0.4 is 5.32 Å². The van der Waals surface area contributed by atoms with E-state index in [0.717, 1.165) is 34.7 Å². The van der Waals surface area contributed by atoms with Crippen molar-refractivity contribution in [2.45, 2.75) is 33.8 Å². The van der Waals surface area contributed by atoms with Crippen LogP contribution in [-0.4, -0.2) is 21.7 Å². The molecule has 28 heavy (non-hydrogen) atoms. The third-order valence-electron chi connectivity index (χ3n) is 4.46. The number of benzene rings is 2. The van der Waals surface area contributed by atoms with Gasteiger partial charge in [0.2, 0.25) is 0 Å². The van der Waals surface area contributed by atoms with E-state index in [-0.39, 0.29) is 5.75 Å². The van der Waals surface area contributed by atoms with Gasteiger partial charge in [-0.25, -0.2) is 9.97 Å². The van der Waals surface area contributed by atoms with Crippen LogP contribution in [0.4, 0.5) is 11.5 Å². The summed E-state index contributed by atoms with van der Waals surface area (Å²) in [7, 11) is 0. The zero-order valence-electron chi connectivity index (χ0n) is 16.6. The maximum atomic E-state index is 9.53. The number of phenols is 1. The Bertz CT molecular complexity index is 894. The highest BCUT2D eigenvalue weighted by Crippen LogP contribution is 2.26. The molecule has 3 rings (SSSR count). The van der Waals surface area contributed by atoms with E-state index < -0.39 is 0 Å². The molecule has 0 amide bonds. The zero-order chi connectivity index (χ0) is 19.9. The number of aromatic nitrogens is 2. The molecule has 0 spiro atoms. The molecule has 5 heteroatoms. The van der Waals surface area contributed by atoms with Crippen molar-refractivity contribution in [3.8, 4) is 17.1 Å². The van der Waals surface area contributed by atoms with Crippen LogP contribution in [0.15, 0.2) is 54.6 Å². The molecule has 0 bridgehead atoms. The number of phenolic OH excluding ortho intramolecular Hbond substituents is 1. The summed E-state index contributed by atoms with van der Waals surface area (Å²) in [4.78, 5) is 9.47. The molecule has 0 fully saturated rings. The summed E-state index contributed by atoms with van der Waals surface area (Å²) in [5, 5.41) is 12.9. The molecule has 5 nitrogen and oxygen atoms in total. The topological polar surface area (TPSA) is 67.3 Å². The van der Waals surface area contributed by atoms with Crippen LogP contribution in [0.3, 0.4) is 0 Å². The molecule has 0 aliphatic carbocycles. The van der Waals surface area contributed by atoms with Crippen LogP contribution in [0.5, 0.6) is 5.75 Å². The van der Waals surface area contributed by atoms with Crippen LogP contribution in [-0.2, 0) is 11.3 Å². The highest BCUT2D eigenvalue weighted by Gasteiger charge is 2.14. The summed E-state index contributed by atoms with van der Waals surface area (Å²) in [6, 6.07) is 16.9. The van der Waals surface area contributed by atoms with Crippen molar-refractivity contribution in [1.29, 1.82) is 0 Å². The Morgan fingerprint density at radius 1 is 1.00 bits per heavy atom. The van der Waals surface area contributed by atoms with E-state index >= 15 is 0 Å². The van der Waals surface area contributed by atoms with Gasteiger partial charge in [-0.15, -0.1) is 0 Å². The number of nitrogens with one attached hydrogen (secondary N) is 1. The normalized spacial score (nSPS) is 11.0. The van der Waals surface area contributed by atoms with Crippen LogP contribution in [0, 0.1) is 12.8 Å². The van der Waals surface area contributed by atoms with E-state index in [0.29, 0.717) is 25.0 Å².